The van der Waals surface area contributed by atoms with Gasteiger partial charge in [0.25, 0.3) is 0 Å². The fraction of sp³-hybridized carbons (Fsp3) is 0.714. The predicted octanol–water partition coefficient (Wildman–Crippen LogP) is 3.75. The van der Waals surface area contributed by atoms with Crippen LogP contribution in [-0.4, -0.2) is 22.3 Å². The Bertz CT molecular complexity index is 327. The maximum absolute atomic E-state index is 4.65. The highest BCUT2D eigenvalue weighted by Gasteiger charge is 2.06. The molecule has 0 fully saturated rings. The van der Waals surface area contributed by atoms with Gasteiger partial charge in [0.1, 0.15) is 11.6 Å². The molecule has 0 bridgehead atoms. The van der Waals surface area contributed by atoms with Gasteiger partial charge >= 0.3 is 0 Å². The molecule has 0 aromatic carbocycles. The molecule has 0 amide bonds. The monoisotopic (exact) mass is 267 g/mol. The van der Waals surface area contributed by atoms with E-state index in [2.05, 4.69) is 49.0 Å². The summed E-state index contributed by atoms with van der Waals surface area (Å²) in [4.78, 5) is 9.22. The lowest BCUT2D eigenvalue weighted by Crippen LogP contribution is -2.08. The van der Waals surface area contributed by atoms with Crippen LogP contribution in [0.15, 0.2) is 6.07 Å². The zero-order chi connectivity index (χ0) is 13.4. The van der Waals surface area contributed by atoms with Crippen molar-refractivity contribution in [2.45, 2.75) is 46.3 Å². The van der Waals surface area contributed by atoms with Gasteiger partial charge in [-0.25, -0.2) is 9.97 Å². The molecule has 0 saturated heterocycles. The molecular formula is C14H25N3S. The molecule has 0 aliphatic carbocycles. The molecule has 3 nitrogen and oxygen atoms in total. The van der Waals surface area contributed by atoms with Crippen molar-refractivity contribution >= 4 is 17.6 Å². The standard InChI is InChI=1S/C14H25N3S/c1-5-7-15-13-9-12(8-11(3)4)16-14(17-13)10-18-6-2/h9,11H,5-8,10H2,1-4H3,(H,15,16,17). The molecule has 4 heteroatoms. The summed E-state index contributed by atoms with van der Waals surface area (Å²) in [6, 6.07) is 2.09. The lowest BCUT2D eigenvalue weighted by atomic mass is 10.1. The number of aromatic nitrogens is 2. The maximum Gasteiger partial charge on any atom is 0.140 e. The van der Waals surface area contributed by atoms with Crippen molar-refractivity contribution < 1.29 is 0 Å². The molecule has 0 atom stereocenters. The van der Waals surface area contributed by atoms with E-state index in [0.29, 0.717) is 5.92 Å². The average molecular weight is 267 g/mol. The first kappa shape index (κ1) is 15.3. The van der Waals surface area contributed by atoms with E-state index in [9.17, 15) is 0 Å². The molecule has 1 aromatic heterocycles. The smallest absolute Gasteiger partial charge is 0.140 e. The second kappa shape index (κ2) is 8.35. The molecule has 0 spiro atoms. The molecule has 18 heavy (non-hydrogen) atoms. The van der Waals surface area contributed by atoms with Gasteiger partial charge in [0.2, 0.25) is 0 Å². The number of nitrogens with zero attached hydrogens (tertiary/aromatic N) is 2. The van der Waals surface area contributed by atoms with E-state index in [1.165, 1.54) is 0 Å². The molecule has 0 aliphatic rings. The maximum atomic E-state index is 4.65. The minimum absolute atomic E-state index is 0.630. The molecule has 1 heterocycles. The van der Waals surface area contributed by atoms with Gasteiger partial charge in [-0.1, -0.05) is 27.7 Å². The molecule has 1 aromatic rings. The highest BCUT2D eigenvalue weighted by atomic mass is 32.2. The van der Waals surface area contributed by atoms with Crippen molar-refractivity contribution in [1.82, 2.24) is 9.97 Å². The van der Waals surface area contributed by atoms with E-state index in [0.717, 1.165) is 48.2 Å². The average Bonchev–Trinajstić information content (AvgIpc) is 2.33. The third kappa shape index (κ3) is 5.71. The molecule has 0 aliphatic heterocycles. The summed E-state index contributed by atoms with van der Waals surface area (Å²) in [5.41, 5.74) is 1.16. The Kier molecular flexibility index (Phi) is 7.09. The normalized spacial score (nSPS) is 10.9. The fourth-order valence-electron chi connectivity index (χ4n) is 1.68. The first-order valence-corrected chi connectivity index (χ1v) is 7.99. The van der Waals surface area contributed by atoms with Gasteiger partial charge in [0.05, 0.1) is 5.75 Å². The van der Waals surface area contributed by atoms with E-state index < -0.39 is 0 Å². The van der Waals surface area contributed by atoms with Crippen molar-refractivity contribution in [3.05, 3.63) is 17.6 Å². The molecule has 1 rings (SSSR count). The Morgan fingerprint density at radius 2 is 2.06 bits per heavy atom. The van der Waals surface area contributed by atoms with Crippen LogP contribution in [0.2, 0.25) is 0 Å². The molecule has 0 unspecified atom stereocenters. The lowest BCUT2D eigenvalue weighted by molar-refractivity contribution is 0.632. The molecule has 1 N–H and O–H groups in total. The zero-order valence-electron chi connectivity index (χ0n) is 12.0. The van der Waals surface area contributed by atoms with E-state index in [1.54, 1.807) is 0 Å². The van der Waals surface area contributed by atoms with Gasteiger partial charge in [-0.15, -0.1) is 0 Å². The van der Waals surface area contributed by atoms with Crippen LogP contribution in [0.5, 0.6) is 0 Å². The second-order valence-corrected chi connectivity index (χ2v) is 6.10. The summed E-state index contributed by atoms with van der Waals surface area (Å²) < 4.78 is 0. The van der Waals surface area contributed by atoms with Gasteiger partial charge in [-0.2, -0.15) is 11.8 Å². The zero-order valence-corrected chi connectivity index (χ0v) is 12.8. The van der Waals surface area contributed by atoms with E-state index in [1.807, 2.05) is 11.8 Å². The highest BCUT2D eigenvalue weighted by Crippen LogP contribution is 2.15. The number of nitrogens with one attached hydrogen (secondary N) is 1. The fourth-order valence-corrected chi connectivity index (χ4v) is 2.19. The number of hydrogen-bond donors (Lipinski definition) is 1. The summed E-state index contributed by atoms with van der Waals surface area (Å²) in [6.45, 7) is 9.75. The van der Waals surface area contributed by atoms with Crippen molar-refractivity contribution in [1.29, 1.82) is 0 Å². The van der Waals surface area contributed by atoms with Crippen LogP contribution in [0.1, 0.15) is 45.6 Å². The summed E-state index contributed by atoms with van der Waals surface area (Å²) >= 11 is 1.87. The van der Waals surface area contributed by atoms with Crippen LogP contribution in [0.25, 0.3) is 0 Å². The highest BCUT2D eigenvalue weighted by molar-refractivity contribution is 7.98. The summed E-state index contributed by atoms with van der Waals surface area (Å²) in [7, 11) is 0. The Balaban J connectivity index is 2.81. The van der Waals surface area contributed by atoms with Gasteiger partial charge in [0.15, 0.2) is 0 Å². The van der Waals surface area contributed by atoms with Crippen LogP contribution < -0.4 is 5.32 Å². The van der Waals surface area contributed by atoms with Crippen molar-refractivity contribution in [3.8, 4) is 0 Å². The predicted molar refractivity (Wildman–Crippen MR) is 81.2 cm³/mol. The minimum Gasteiger partial charge on any atom is -0.370 e. The first-order chi connectivity index (χ1) is 8.65. The molecule has 0 radical (unpaired) electrons. The number of thioether (sulfide) groups is 1. The van der Waals surface area contributed by atoms with Crippen LogP contribution in [-0.2, 0) is 12.2 Å². The second-order valence-electron chi connectivity index (χ2n) is 4.82. The van der Waals surface area contributed by atoms with E-state index in [-0.39, 0.29) is 0 Å². The summed E-state index contributed by atoms with van der Waals surface area (Å²) in [6.07, 6.45) is 2.13. The van der Waals surface area contributed by atoms with Gasteiger partial charge in [-0.3, -0.25) is 0 Å². The van der Waals surface area contributed by atoms with Gasteiger partial charge in [0, 0.05) is 18.3 Å². The molecular weight excluding hydrogens is 242 g/mol. The summed E-state index contributed by atoms with van der Waals surface area (Å²) in [5.74, 6) is 4.58. The third-order valence-corrected chi connectivity index (χ3v) is 3.30. The van der Waals surface area contributed by atoms with Crippen LogP contribution in [0.4, 0.5) is 5.82 Å². The van der Waals surface area contributed by atoms with Crippen molar-refractivity contribution in [2.24, 2.45) is 5.92 Å². The van der Waals surface area contributed by atoms with Crippen molar-refractivity contribution in [2.75, 3.05) is 17.6 Å². The minimum atomic E-state index is 0.630. The topological polar surface area (TPSA) is 37.8 Å². The lowest BCUT2D eigenvalue weighted by Gasteiger charge is -2.10. The van der Waals surface area contributed by atoms with E-state index in [4.69, 9.17) is 0 Å². The Labute approximate surface area is 115 Å². The van der Waals surface area contributed by atoms with Crippen LogP contribution in [0.3, 0.4) is 0 Å². The third-order valence-electron chi connectivity index (χ3n) is 2.43. The van der Waals surface area contributed by atoms with Gasteiger partial charge < -0.3 is 5.32 Å². The Morgan fingerprint density at radius 1 is 1.28 bits per heavy atom. The first-order valence-electron chi connectivity index (χ1n) is 6.84. The Hall–Kier alpha value is -0.770. The number of rotatable bonds is 8. The summed E-state index contributed by atoms with van der Waals surface area (Å²) in [5, 5.41) is 3.36. The SMILES string of the molecule is CCCNc1cc(CC(C)C)nc(CSCC)n1. The molecule has 102 valence electrons. The number of hydrogen-bond acceptors (Lipinski definition) is 4. The largest absolute Gasteiger partial charge is 0.370 e. The quantitative estimate of drug-likeness (QED) is 0.778. The van der Waals surface area contributed by atoms with Gasteiger partial charge in [-0.05, 0) is 24.5 Å². The molecule has 0 saturated carbocycles. The van der Waals surface area contributed by atoms with Crippen LogP contribution >= 0.6 is 11.8 Å². The van der Waals surface area contributed by atoms with Crippen molar-refractivity contribution in [3.63, 3.8) is 0 Å². The number of anilines is 1. The van der Waals surface area contributed by atoms with E-state index >= 15 is 0 Å². The van der Waals surface area contributed by atoms with Crippen LogP contribution in [0, 0.1) is 5.92 Å². The Morgan fingerprint density at radius 3 is 2.67 bits per heavy atom.